The first-order chi connectivity index (χ1) is 13.8. The number of nitrogens with zero attached hydrogens (tertiary/aromatic N) is 2. The summed E-state index contributed by atoms with van der Waals surface area (Å²) in [5.41, 5.74) is 1.81. The summed E-state index contributed by atoms with van der Waals surface area (Å²) in [4.78, 5) is 4.58. The minimum absolute atomic E-state index is 0. The SMILES string of the molecule is CCNC(=NCc1cc(-c2ccccc2)on1)NCCCOCC1CCCO1.I. The largest absolute Gasteiger partial charge is 0.379 e. The van der Waals surface area contributed by atoms with Crippen molar-refractivity contribution in [2.75, 3.05) is 32.9 Å². The molecule has 3 rings (SSSR count). The highest BCUT2D eigenvalue weighted by molar-refractivity contribution is 14.0. The Bertz CT molecular complexity index is 718. The van der Waals surface area contributed by atoms with Crippen LogP contribution >= 0.6 is 24.0 Å². The third-order valence-corrected chi connectivity index (χ3v) is 4.45. The number of ether oxygens (including phenoxy) is 2. The molecule has 160 valence electrons. The first kappa shape index (κ1) is 23.6. The highest BCUT2D eigenvalue weighted by atomic mass is 127. The third-order valence-electron chi connectivity index (χ3n) is 4.45. The predicted octanol–water partition coefficient (Wildman–Crippen LogP) is 3.60. The summed E-state index contributed by atoms with van der Waals surface area (Å²) in [6, 6.07) is 11.9. The fourth-order valence-electron chi connectivity index (χ4n) is 3.00. The van der Waals surface area contributed by atoms with E-state index in [-0.39, 0.29) is 30.1 Å². The first-order valence-corrected chi connectivity index (χ1v) is 10.1. The van der Waals surface area contributed by atoms with Crippen molar-refractivity contribution in [3.63, 3.8) is 0 Å². The zero-order valence-corrected chi connectivity index (χ0v) is 19.3. The van der Waals surface area contributed by atoms with Crippen molar-refractivity contribution in [1.82, 2.24) is 15.8 Å². The molecule has 0 saturated carbocycles. The monoisotopic (exact) mass is 514 g/mol. The van der Waals surface area contributed by atoms with Crippen molar-refractivity contribution in [2.24, 2.45) is 4.99 Å². The molecular weight excluding hydrogens is 483 g/mol. The van der Waals surface area contributed by atoms with Gasteiger partial charge in [0.2, 0.25) is 0 Å². The molecule has 1 aromatic carbocycles. The van der Waals surface area contributed by atoms with Crippen LogP contribution < -0.4 is 10.6 Å². The third kappa shape index (κ3) is 8.31. The van der Waals surface area contributed by atoms with Crippen LogP contribution in [0.2, 0.25) is 0 Å². The van der Waals surface area contributed by atoms with Gasteiger partial charge in [-0.25, -0.2) is 4.99 Å². The van der Waals surface area contributed by atoms with Crippen LogP contribution in [0.15, 0.2) is 45.9 Å². The van der Waals surface area contributed by atoms with E-state index < -0.39 is 0 Å². The smallest absolute Gasteiger partial charge is 0.191 e. The Morgan fingerprint density at radius 2 is 2.14 bits per heavy atom. The van der Waals surface area contributed by atoms with E-state index in [1.54, 1.807) is 0 Å². The van der Waals surface area contributed by atoms with Gasteiger partial charge in [-0.05, 0) is 26.2 Å². The number of halogens is 1. The van der Waals surface area contributed by atoms with E-state index in [0.29, 0.717) is 13.2 Å². The summed E-state index contributed by atoms with van der Waals surface area (Å²) in [6.45, 7) is 6.39. The molecule has 2 N–H and O–H groups in total. The zero-order valence-electron chi connectivity index (χ0n) is 16.9. The van der Waals surface area contributed by atoms with Crippen LogP contribution in [-0.2, 0) is 16.0 Å². The fraction of sp³-hybridized carbons (Fsp3) is 0.524. The fourth-order valence-corrected chi connectivity index (χ4v) is 3.00. The number of guanidine groups is 1. The molecule has 1 atom stereocenters. The minimum Gasteiger partial charge on any atom is -0.379 e. The lowest BCUT2D eigenvalue weighted by Gasteiger charge is -2.12. The zero-order chi connectivity index (χ0) is 19.4. The Kier molecular flexibility index (Phi) is 11.0. The minimum atomic E-state index is 0. The van der Waals surface area contributed by atoms with Gasteiger partial charge in [0.1, 0.15) is 5.69 Å². The van der Waals surface area contributed by atoms with Crippen LogP contribution in [0.25, 0.3) is 11.3 Å². The number of hydrogen-bond donors (Lipinski definition) is 2. The maximum atomic E-state index is 5.69. The van der Waals surface area contributed by atoms with Gasteiger partial charge in [-0.3, -0.25) is 0 Å². The van der Waals surface area contributed by atoms with Crippen molar-refractivity contribution in [1.29, 1.82) is 0 Å². The number of hydrogen-bond acceptors (Lipinski definition) is 5. The molecule has 1 saturated heterocycles. The lowest BCUT2D eigenvalue weighted by molar-refractivity contribution is 0.0168. The summed E-state index contributed by atoms with van der Waals surface area (Å²) in [6.07, 6.45) is 3.47. The Hall–Kier alpha value is -1.65. The molecule has 0 bridgehead atoms. The topological polar surface area (TPSA) is 80.9 Å². The molecule has 1 aromatic heterocycles. The van der Waals surface area contributed by atoms with Crippen molar-refractivity contribution in [3.8, 4) is 11.3 Å². The van der Waals surface area contributed by atoms with Crippen molar-refractivity contribution >= 4 is 29.9 Å². The van der Waals surface area contributed by atoms with Gasteiger partial charge in [-0.1, -0.05) is 35.5 Å². The second-order valence-electron chi connectivity index (χ2n) is 6.73. The highest BCUT2D eigenvalue weighted by Crippen LogP contribution is 2.19. The van der Waals surface area contributed by atoms with Crippen molar-refractivity contribution < 1.29 is 14.0 Å². The summed E-state index contributed by atoms with van der Waals surface area (Å²) in [5, 5.41) is 10.7. The molecule has 2 heterocycles. The normalized spacial score (nSPS) is 16.4. The second kappa shape index (κ2) is 13.6. The van der Waals surface area contributed by atoms with Gasteiger partial charge in [0.25, 0.3) is 0 Å². The molecule has 0 amide bonds. The molecule has 1 fully saturated rings. The summed E-state index contributed by atoms with van der Waals surface area (Å²) in [7, 11) is 0. The van der Waals surface area contributed by atoms with Crippen LogP contribution in [0, 0.1) is 0 Å². The Morgan fingerprint density at radius 3 is 2.90 bits per heavy atom. The van der Waals surface area contributed by atoms with Crippen molar-refractivity contribution in [2.45, 2.75) is 38.8 Å². The van der Waals surface area contributed by atoms with Crippen molar-refractivity contribution in [3.05, 3.63) is 42.1 Å². The molecule has 1 unspecified atom stereocenters. The molecule has 8 heteroatoms. The summed E-state index contributed by atoms with van der Waals surface area (Å²) < 4.78 is 16.7. The van der Waals surface area contributed by atoms with Gasteiger partial charge >= 0.3 is 0 Å². The van der Waals surface area contributed by atoms with Crippen LogP contribution in [0.1, 0.15) is 31.9 Å². The van der Waals surface area contributed by atoms with E-state index in [1.807, 2.05) is 43.3 Å². The second-order valence-corrected chi connectivity index (χ2v) is 6.73. The first-order valence-electron chi connectivity index (χ1n) is 10.1. The van der Waals surface area contributed by atoms with Gasteiger partial charge < -0.3 is 24.6 Å². The standard InChI is InChI=1S/C21H30N4O3.HI/c1-2-22-21(23-11-7-12-26-16-19-10-6-13-27-19)24-15-18-14-20(28-25-18)17-8-4-3-5-9-17;/h3-5,8-9,14,19H,2,6-7,10-13,15-16H2,1H3,(H2,22,23,24);1H. The van der Waals surface area contributed by atoms with Crippen LogP contribution in [0.3, 0.4) is 0 Å². The molecule has 29 heavy (non-hydrogen) atoms. The molecule has 7 nitrogen and oxygen atoms in total. The maximum Gasteiger partial charge on any atom is 0.191 e. The highest BCUT2D eigenvalue weighted by Gasteiger charge is 2.14. The Balaban J connectivity index is 0.00000300. The van der Waals surface area contributed by atoms with E-state index in [0.717, 1.165) is 68.5 Å². The molecule has 1 aliphatic rings. The number of benzene rings is 1. The van der Waals surface area contributed by atoms with E-state index in [9.17, 15) is 0 Å². The van der Waals surface area contributed by atoms with Gasteiger partial charge in [-0.2, -0.15) is 0 Å². The molecule has 0 aliphatic carbocycles. The van der Waals surface area contributed by atoms with Gasteiger partial charge in [0, 0.05) is 37.9 Å². The van der Waals surface area contributed by atoms with E-state index in [1.165, 1.54) is 0 Å². The quantitative estimate of drug-likeness (QED) is 0.218. The molecule has 0 spiro atoms. The average Bonchev–Trinajstić information content (AvgIpc) is 3.41. The number of nitrogens with one attached hydrogen (secondary N) is 2. The van der Waals surface area contributed by atoms with E-state index in [4.69, 9.17) is 14.0 Å². The summed E-state index contributed by atoms with van der Waals surface area (Å²) in [5.74, 6) is 1.53. The molecule has 0 radical (unpaired) electrons. The van der Waals surface area contributed by atoms with Gasteiger partial charge in [0.15, 0.2) is 11.7 Å². The maximum absolute atomic E-state index is 5.69. The number of rotatable bonds is 10. The Morgan fingerprint density at radius 1 is 1.28 bits per heavy atom. The number of aliphatic imine (C=N–C) groups is 1. The van der Waals surface area contributed by atoms with Crippen LogP contribution in [-0.4, -0.2) is 50.1 Å². The lowest BCUT2D eigenvalue weighted by atomic mass is 10.2. The lowest BCUT2D eigenvalue weighted by Crippen LogP contribution is -2.38. The van der Waals surface area contributed by atoms with E-state index >= 15 is 0 Å². The van der Waals surface area contributed by atoms with Gasteiger partial charge in [-0.15, -0.1) is 24.0 Å². The van der Waals surface area contributed by atoms with Gasteiger partial charge in [0.05, 0.1) is 19.3 Å². The predicted molar refractivity (Wildman–Crippen MR) is 125 cm³/mol. The average molecular weight is 514 g/mol. The molecular formula is C21H31IN4O3. The van der Waals surface area contributed by atoms with E-state index in [2.05, 4.69) is 20.8 Å². The van der Waals surface area contributed by atoms with Crippen LogP contribution in [0.4, 0.5) is 0 Å². The molecule has 2 aromatic rings. The molecule has 1 aliphatic heterocycles. The number of aromatic nitrogens is 1. The summed E-state index contributed by atoms with van der Waals surface area (Å²) >= 11 is 0. The van der Waals surface area contributed by atoms with Crippen LogP contribution in [0.5, 0.6) is 0 Å². The Labute approximate surface area is 189 Å².